The Bertz CT molecular complexity index is 559. The summed E-state index contributed by atoms with van der Waals surface area (Å²) in [6, 6.07) is 17.0. The Morgan fingerprint density at radius 1 is 0.941 bits per heavy atom. The molecular formula is C16H15N. The molecule has 2 aromatic carbocycles. The van der Waals surface area contributed by atoms with E-state index in [-0.39, 0.29) is 0 Å². The molecule has 0 heterocycles. The second-order valence-corrected chi connectivity index (χ2v) is 4.34. The van der Waals surface area contributed by atoms with Gasteiger partial charge in [0.2, 0.25) is 0 Å². The molecule has 84 valence electrons. The van der Waals surface area contributed by atoms with Crippen LogP contribution in [0.3, 0.4) is 0 Å². The molecule has 0 spiro atoms. The zero-order valence-electron chi connectivity index (χ0n) is 10.2. The Morgan fingerprint density at radius 3 is 2.24 bits per heavy atom. The van der Waals surface area contributed by atoms with Gasteiger partial charge in [-0.15, -0.1) is 0 Å². The fourth-order valence-electron chi connectivity index (χ4n) is 1.87. The van der Waals surface area contributed by atoms with E-state index in [1.807, 2.05) is 6.92 Å². The maximum atomic E-state index is 8.79. The molecule has 0 aromatic heterocycles. The van der Waals surface area contributed by atoms with Gasteiger partial charge in [-0.2, -0.15) is 5.26 Å². The molecule has 2 aromatic rings. The highest BCUT2D eigenvalue weighted by Crippen LogP contribution is 2.23. The molecule has 0 bridgehead atoms. The summed E-state index contributed by atoms with van der Waals surface area (Å²) in [5.74, 6) is 0. The molecule has 0 atom stereocenters. The highest BCUT2D eigenvalue weighted by atomic mass is 14.2. The van der Waals surface area contributed by atoms with Gasteiger partial charge in [-0.25, -0.2) is 0 Å². The lowest BCUT2D eigenvalue weighted by Gasteiger charge is -2.07. The van der Waals surface area contributed by atoms with Gasteiger partial charge in [0.1, 0.15) is 0 Å². The lowest BCUT2D eigenvalue weighted by molar-refractivity contribution is 1.21. The molecule has 0 aliphatic rings. The molecular weight excluding hydrogens is 206 g/mol. The van der Waals surface area contributed by atoms with Crippen LogP contribution < -0.4 is 0 Å². The molecule has 0 N–H and O–H groups in total. The van der Waals surface area contributed by atoms with Gasteiger partial charge >= 0.3 is 0 Å². The average Bonchev–Trinajstić information content (AvgIpc) is 2.33. The molecule has 1 nitrogen and oxygen atoms in total. The predicted molar refractivity (Wildman–Crippen MR) is 70.7 cm³/mol. The lowest BCUT2D eigenvalue weighted by Crippen LogP contribution is -1.89. The summed E-state index contributed by atoms with van der Waals surface area (Å²) in [6.07, 6.45) is 0.478. The van der Waals surface area contributed by atoms with Gasteiger partial charge in [0, 0.05) is 0 Å². The first-order valence-electron chi connectivity index (χ1n) is 5.74. The highest BCUT2D eigenvalue weighted by Gasteiger charge is 2.02. The largest absolute Gasteiger partial charge is 0.198 e. The molecule has 1 heteroatoms. The quantitative estimate of drug-likeness (QED) is 0.751. The van der Waals surface area contributed by atoms with Crippen molar-refractivity contribution >= 4 is 0 Å². The smallest absolute Gasteiger partial charge is 0.0669 e. The van der Waals surface area contributed by atoms with Crippen molar-refractivity contribution in [3.8, 4) is 17.2 Å². The Balaban J connectivity index is 2.43. The zero-order valence-corrected chi connectivity index (χ0v) is 10.2. The fraction of sp³-hybridized carbons (Fsp3) is 0.188. The van der Waals surface area contributed by atoms with E-state index in [1.165, 1.54) is 22.3 Å². The van der Waals surface area contributed by atoms with Crippen molar-refractivity contribution in [1.82, 2.24) is 0 Å². The average molecular weight is 221 g/mol. The third-order valence-corrected chi connectivity index (χ3v) is 3.00. The number of nitriles is 1. The molecule has 0 saturated carbocycles. The summed E-state index contributed by atoms with van der Waals surface area (Å²) in [7, 11) is 0. The van der Waals surface area contributed by atoms with Crippen LogP contribution in [-0.4, -0.2) is 0 Å². The number of nitrogens with zero attached hydrogens (tertiary/aromatic N) is 1. The SMILES string of the molecule is Cc1ccc(-c2ccc(C)c(CC#N)c2)cc1. The van der Waals surface area contributed by atoms with Crippen molar-refractivity contribution in [2.24, 2.45) is 0 Å². The minimum absolute atomic E-state index is 0.478. The molecule has 0 fully saturated rings. The summed E-state index contributed by atoms with van der Waals surface area (Å²) in [6.45, 7) is 4.13. The molecule has 17 heavy (non-hydrogen) atoms. The minimum atomic E-state index is 0.478. The van der Waals surface area contributed by atoms with Crippen molar-refractivity contribution in [3.63, 3.8) is 0 Å². The van der Waals surface area contributed by atoms with Gasteiger partial charge in [0.05, 0.1) is 12.5 Å². The van der Waals surface area contributed by atoms with Gasteiger partial charge in [0.25, 0.3) is 0 Å². The van der Waals surface area contributed by atoms with E-state index in [4.69, 9.17) is 5.26 Å². The van der Waals surface area contributed by atoms with Crippen molar-refractivity contribution in [1.29, 1.82) is 5.26 Å². The van der Waals surface area contributed by atoms with Gasteiger partial charge < -0.3 is 0 Å². The molecule has 0 radical (unpaired) electrons. The van der Waals surface area contributed by atoms with Crippen molar-refractivity contribution in [3.05, 3.63) is 59.2 Å². The Kier molecular flexibility index (Phi) is 3.25. The maximum Gasteiger partial charge on any atom is 0.0669 e. The maximum absolute atomic E-state index is 8.79. The van der Waals surface area contributed by atoms with Crippen LogP contribution in [-0.2, 0) is 6.42 Å². The molecule has 0 aliphatic heterocycles. The van der Waals surface area contributed by atoms with Crippen LogP contribution in [0.5, 0.6) is 0 Å². The number of benzene rings is 2. The first kappa shape index (κ1) is 11.4. The number of rotatable bonds is 2. The summed E-state index contributed by atoms with van der Waals surface area (Å²) in [4.78, 5) is 0. The third kappa shape index (κ3) is 2.54. The van der Waals surface area contributed by atoms with E-state index in [9.17, 15) is 0 Å². The number of hydrogen-bond acceptors (Lipinski definition) is 1. The molecule has 0 aliphatic carbocycles. The van der Waals surface area contributed by atoms with Gasteiger partial charge in [-0.3, -0.25) is 0 Å². The van der Waals surface area contributed by atoms with E-state index in [2.05, 4.69) is 55.5 Å². The molecule has 0 saturated heterocycles. The van der Waals surface area contributed by atoms with Gasteiger partial charge in [-0.05, 0) is 42.2 Å². The fourth-order valence-corrected chi connectivity index (χ4v) is 1.87. The van der Waals surface area contributed by atoms with Crippen LogP contribution in [0, 0.1) is 25.2 Å². The Labute approximate surface area is 102 Å². The van der Waals surface area contributed by atoms with Crippen LogP contribution >= 0.6 is 0 Å². The Morgan fingerprint density at radius 2 is 1.59 bits per heavy atom. The second-order valence-electron chi connectivity index (χ2n) is 4.34. The second kappa shape index (κ2) is 4.84. The number of hydrogen-bond donors (Lipinski definition) is 0. The topological polar surface area (TPSA) is 23.8 Å². The van der Waals surface area contributed by atoms with Crippen LogP contribution in [0.25, 0.3) is 11.1 Å². The summed E-state index contributed by atoms with van der Waals surface area (Å²) >= 11 is 0. The first-order chi connectivity index (χ1) is 8.20. The standard InChI is InChI=1S/C16H15N/c1-12-3-6-14(7-4-12)16-8-5-13(2)15(11-16)9-10-17/h3-8,11H,9H2,1-2H3. The van der Waals surface area contributed by atoms with Crippen molar-refractivity contribution < 1.29 is 0 Å². The summed E-state index contributed by atoms with van der Waals surface area (Å²) < 4.78 is 0. The van der Waals surface area contributed by atoms with Crippen LogP contribution in [0.2, 0.25) is 0 Å². The summed E-state index contributed by atoms with van der Waals surface area (Å²) in [5.41, 5.74) is 5.95. The van der Waals surface area contributed by atoms with Crippen LogP contribution in [0.15, 0.2) is 42.5 Å². The lowest BCUT2D eigenvalue weighted by atomic mass is 9.98. The zero-order chi connectivity index (χ0) is 12.3. The van der Waals surface area contributed by atoms with Crippen LogP contribution in [0.1, 0.15) is 16.7 Å². The van der Waals surface area contributed by atoms with E-state index in [1.54, 1.807) is 0 Å². The molecule has 2 rings (SSSR count). The van der Waals surface area contributed by atoms with E-state index in [0.29, 0.717) is 6.42 Å². The molecule has 0 unspecified atom stereocenters. The van der Waals surface area contributed by atoms with Crippen LogP contribution in [0.4, 0.5) is 0 Å². The highest BCUT2D eigenvalue weighted by molar-refractivity contribution is 5.65. The van der Waals surface area contributed by atoms with Crippen molar-refractivity contribution in [2.75, 3.05) is 0 Å². The van der Waals surface area contributed by atoms with E-state index >= 15 is 0 Å². The van der Waals surface area contributed by atoms with Gasteiger partial charge in [-0.1, -0.05) is 42.0 Å². The van der Waals surface area contributed by atoms with Crippen molar-refractivity contribution in [2.45, 2.75) is 20.3 Å². The van der Waals surface area contributed by atoms with E-state index < -0.39 is 0 Å². The Hall–Kier alpha value is -2.07. The third-order valence-electron chi connectivity index (χ3n) is 3.00. The summed E-state index contributed by atoms with van der Waals surface area (Å²) in [5, 5.41) is 8.79. The monoisotopic (exact) mass is 221 g/mol. The first-order valence-corrected chi connectivity index (χ1v) is 5.74. The number of aryl methyl sites for hydroxylation is 2. The minimum Gasteiger partial charge on any atom is -0.198 e. The van der Waals surface area contributed by atoms with Gasteiger partial charge in [0.15, 0.2) is 0 Å². The normalized spacial score (nSPS) is 9.94. The molecule has 0 amide bonds. The van der Waals surface area contributed by atoms with E-state index in [0.717, 1.165) is 5.56 Å². The predicted octanol–water partition coefficient (Wildman–Crippen LogP) is 4.04.